The lowest BCUT2D eigenvalue weighted by atomic mass is 9.85. The zero-order chi connectivity index (χ0) is 11.9. The summed E-state index contributed by atoms with van der Waals surface area (Å²) in [5, 5.41) is 3.59. The van der Waals surface area contributed by atoms with Gasteiger partial charge in [-0.25, -0.2) is 0 Å². The van der Waals surface area contributed by atoms with Gasteiger partial charge in [0.15, 0.2) is 0 Å². The molecule has 2 aliphatic rings. The van der Waals surface area contributed by atoms with Crippen molar-refractivity contribution in [2.24, 2.45) is 5.92 Å². The summed E-state index contributed by atoms with van der Waals surface area (Å²) >= 11 is 0. The van der Waals surface area contributed by atoms with Gasteiger partial charge in [-0.15, -0.1) is 0 Å². The van der Waals surface area contributed by atoms with Crippen LogP contribution in [0.1, 0.15) is 57.8 Å². The van der Waals surface area contributed by atoms with Crippen LogP contribution in [0, 0.1) is 5.92 Å². The molecular weight excluding hydrogens is 208 g/mol. The summed E-state index contributed by atoms with van der Waals surface area (Å²) in [6.07, 6.45) is 12.9. The van der Waals surface area contributed by atoms with Crippen molar-refractivity contribution in [3.63, 3.8) is 0 Å². The summed E-state index contributed by atoms with van der Waals surface area (Å²) in [5.41, 5.74) is 0. The van der Waals surface area contributed by atoms with Crippen molar-refractivity contribution in [2.45, 2.75) is 63.8 Å². The van der Waals surface area contributed by atoms with Crippen LogP contribution in [0.5, 0.6) is 0 Å². The quantitative estimate of drug-likeness (QED) is 0.589. The van der Waals surface area contributed by atoms with Gasteiger partial charge in [-0.05, 0) is 64.6 Å². The van der Waals surface area contributed by atoms with Crippen LogP contribution >= 0.6 is 0 Å². The van der Waals surface area contributed by atoms with E-state index >= 15 is 0 Å². The lowest BCUT2D eigenvalue weighted by molar-refractivity contribution is 0.203. The molecule has 1 N–H and O–H groups in total. The third-order valence-electron chi connectivity index (χ3n) is 4.27. The number of rotatable bonds is 10. The summed E-state index contributed by atoms with van der Waals surface area (Å²) in [4.78, 5) is 2.55. The van der Waals surface area contributed by atoms with Gasteiger partial charge >= 0.3 is 0 Å². The predicted molar refractivity (Wildman–Crippen MR) is 74.3 cm³/mol. The average Bonchev–Trinajstić information content (AvgIpc) is 3.06. The zero-order valence-electron chi connectivity index (χ0n) is 11.6. The number of hydrogen-bond acceptors (Lipinski definition) is 2. The van der Waals surface area contributed by atoms with Crippen molar-refractivity contribution >= 4 is 0 Å². The molecule has 100 valence electrons. The fraction of sp³-hybridized carbons (Fsp3) is 1.00. The van der Waals surface area contributed by atoms with Crippen LogP contribution < -0.4 is 5.32 Å². The van der Waals surface area contributed by atoms with Gasteiger partial charge in [-0.2, -0.15) is 0 Å². The van der Waals surface area contributed by atoms with Gasteiger partial charge < -0.3 is 10.2 Å². The number of nitrogens with one attached hydrogen (secondary N) is 1. The van der Waals surface area contributed by atoms with Crippen molar-refractivity contribution < 1.29 is 0 Å². The molecule has 17 heavy (non-hydrogen) atoms. The molecule has 2 rings (SSSR count). The highest BCUT2D eigenvalue weighted by atomic mass is 15.1. The third kappa shape index (κ3) is 5.87. The smallest absolute Gasteiger partial charge is 0.00682 e. The van der Waals surface area contributed by atoms with E-state index in [1.165, 1.54) is 77.4 Å². The Kier molecular flexibility index (Phi) is 5.79. The van der Waals surface area contributed by atoms with Gasteiger partial charge in [-0.1, -0.05) is 19.3 Å². The Bertz CT molecular complexity index is 197. The van der Waals surface area contributed by atoms with Gasteiger partial charge in [0.2, 0.25) is 0 Å². The van der Waals surface area contributed by atoms with Gasteiger partial charge in [-0.3, -0.25) is 0 Å². The van der Waals surface area contributed by atoms with Crippen molar-refractivity contribution in [1.29, 1.82) is 0 Å². The summed E-state index contributed by atoms with van der Waals surface area (Å²) in [5.74, 6) is 1.03. The first-order valence-electron chi connectivity index (χ1n) is 7.76. The molecule has 0 heterocycles. The van der Waals surface area contributed by atoms with E-state index in [4.69, 9.17) is 0 Å². The summed E-state index contributed by atoms with van der Waals surface area (Å²) < 4.78 is 0. The largest absolute Gasteiger partial charge is 0.314 e. The van der Waals surface area contributed by atoms with Gasteiger partial charge in [0.25, 0.3) is 0 Å². The Hall–Kier alpha value is -0.0800. The number of hydrogen-bond donors (Lipinski definition) is 1. The fourth-order valence-electron chi connectivity index (χ4n) is 2.66. The molecule has 0 aromatic heterocycles. The van der Waals surface area contributed by atoms with E-state index in [0.29, 0.717) is 0 Å². The molecule has 0 unspecified atom stereocenters. The lowest BCUT2D eigenvalue weighted by Crippen LogP contribution is -2.30. The molecule has 0 aromatic rings. The monoisotopic (exact) mass is 238 g/mol. The van der Waals surface area contributed by atoms with Crippen molar-refractivity contribution in [2.75, 3.05) is 26.7 Å². The predicted octanol–water partition coefficient (Wildman–Crippen LogP) is 3.03. The second-order valence-corrected chi connectivity index (χ2v) is 6.20. The molecule has 0 radical (unpaired) electrons. The SMILES string of the molecule is CN(CCCCCCNC1CC1)CC1CCC1. The van der Waals surface area contributed by atoms with E-state index in [1.807, 2.05) is 0 Å². The fourth-order valence-corrected chi connectivity index (χ4v) is 2.66. The molecule has 2 heteroatoms. The van der Waals surface area contributed by atoms with E-state index in [0.717, 1.165) is 12.0 Å². The van der Waals surface area contributed by atoms with E-state index < -0.39 is 0 Å². The maximum absolute atomic E-state index is 3.59. The Labute approximate surface area is 107 Å². The van der Waals surface area contributed by atoms with Crippen LogP contribution in [0.4, 0.5) is 0 Å². The molecule has 2 aliphatic carbocycles. The standard InChI is InChI=1S/C15H30N2/c1-17(13-14-7-6-8-14)12-5-3-2-4-11-16-15-9-10-15/h14-16H,2-13H2,1H3. The summed E-state index contributed by atoms with van der Waals surface area (Å²) in [7, 11) is 2.30. The van der Waals surface area contributed by atoms with Crippen LogP contribution in [-0.2, 0) is 0 Å². The Balaban J connectivity index is 1.32. The molecule has 0 spiro atoms. The normalized spacial score (nSPS) is 20.8. The Morgan fingerprint density at radius 1 is 1.00 bits per heavy atom. The minimum atomic E-state index is 0.892. The average molecular weight is 238 g/mol. The molecule has 2 fully saturated rings. The number of unbranched alkanes of at least 4 members (excludes halogenated alkanes) is 3. The molecule has 2 nitrogen and oxygen atoms in total. The Morgan fingerprint density at radius 2 is 1.76 bits per heavy atom. The highest BCUT2D eigenvalue weighted by Gasteiger charge is 2.19. The third-order valence-corrected chi connectivity index (χ3v) is 4.27. The maximum atomic E-state index is 3.59. The van der Waals surface area contributed by atoms with Crippen LogP contribution in [0.25, 0.3) is 0 Å². The topological polar surface area (TPSA) is 15.3 Å². The van der Waals surface area contributed by atoms with Gasteiger partial charge in [0.05, 0.1) is 0 Å². The first kappa shape index (κ1) is 13.4. The second kappa shape index (κ2) is 7.38. The molecule has 0 aliphatic heterocycles. The van der Waals surface area contributed by atoms with Crippen molar-refractivity contribution in [3.05, 3.63) is 0 Å². The molecule has 0 aromatic carbocycles. The van der Waals surface area contributed by atoms with E-state index in [9.17, 15) is 0 Å². The highest BCUT2D eigenvalue weighted by molar-refractivity contribution is 4.80. The highest BCUT2D eigenvalue weighted by Crippen LogP contribution is 2.26. The first-order valence-corrected chi connectivity index (χ1v) is 7.76. The first-order chi connectivity index (χ1) is 8.34. The molecule has 0 bridgehead atoms. The second-order valence-electron chi connectivity index (χ2n) is 6.20. The number of nitrogens with zero attached hydrogens (tertiary/aromatic N) is 1. The van der Waals surface area contributed by atoms with Gasteiger partial charge in [0.1, 0.15) is 0 Å². The zero-order valence-corrected chi connectivity index (χ0v) is 11.6. The van der Waals surface area contributed by atoms with Crippen LogP contribution in [0.15, 0.2) is 0 Å². The maximum Gasteiger partial charge on any atom is 0.00682 e. The lowest BCUT2D eigenvalue weighted by Gasteiger charge is -2.30. The molecule has 0 saturated heterocycles. The molecule has 0 atom stereocenters. The van der Waals surface area contributed by atoms with Crippen LogP contribution in [0.2, 0.25) is 0 Å². The van der Waals surface area contributed by atoms with E-state index in [-0.39, 0.29) is 0 Å². The molecular formula is C15H30N2. The molecule has 0 amide bonds. The minimum absolute atomic E-state index is 0.892. The minimum Gasteiger partial charge on any atom is -0.314 e. The van der Waals surface area contributed by atoms with E-state index in [2.05, 4.69) is 17.3 Å². The van der Waals surface area contributed by atoms with Crippen LogP contribution in [-0.4, -0.2) is 37.6 Å². The van der Waals surface area contributed by atoms with Crippen molar-refractivity contribution in [1.82, 2.24) is 10.2 Å². The van der Waals surface area contributed by atoms with Crippen molar-refractivity contribution in [3.8, 4) is 0 Å². The summed E-state index contributed by atoms with van der Waals surface area (Å²) in [6.45, 7) is 3.92. The Morgan fingerprint density at radius 3 is 2.41 bits per heavy atom. The van der Waals surface area contributed by atoms with Crippen LogP contribution in [0.3, 0.4) is 0 Å². The van der Waals surface area contributed by atoms with E-state index in [1.54, 1.807) is 0 Å². The van der Waals surface area contributed by atoms with Gasteiger partial charge in [0, 0.05) is 12.6 Å². The molecule has 2 saturated carbocycles. The summed E-state index contributed by atoms with van der Waals surface area (Å²) in [6, 6.07) is 0.892.